The van der Waals surface area contributed by atoms with Gasteiger partial charge in [-0.2, -0.15) is 0 Å². The third kappa shape index (κ3) is 4.90. The number of anilines is 1. The number of carbonyl (C=O) groups is 2. The highest BCUT2D eigenvalue weighted by molar-refractivity contribution is 6.10. The van der Waals surface area contributed by atoms with Gasteiger partial charge in [-0.1, -0.05) is 0 Å². The molecule has 0 spiro atoms. The highest BCUT2D eigenvalue weighted by atomic mass is 16.5. The van der Waals surface area contributed by atoms with Gasteiger partial charge in [-0.15, -0.1) is 0 Å². The zero-order chi connectivity index (χ0) is 25.8. The highest BCUT2D eigenvalue weighted by Gasteiger charge is 2.20. The molecule has 36 heavy (non-hydrogen) atoms. The first-order chi connectivity index (χ1) is 17.3. The minimum atomic E-state index is -0.464. The van der Waals surface area contributed by atoms with Crippen LogP contribution in [0.5, 0.6) is 17.2 Å². The van der Waals surface area contributed by atoms with Gasteiger partial charge in [0.2, 0.25) is 11.3 Å². The van der Waals surface area contributed by atoms with Crippen LogP contribution in [-0.4, -0.2) is 42.6 Å². The molecule has 184 valence electrons. The molecule has 0 aliphatic rings. The Morgan fingerprint density at radius 3 is 2.28 bits per heavy atom. The quantitative estimate of drug-likeness (QED) is 0.378. The summed E-state index contributed by atoms with van der Waals surface area (Å²) in [5.74, 6) is 0.723. The third-order valence-electron chi connectivity index (χ3n) is 5.65. The summed E-state index contributed by atoms with van der Waals surface area (Å²) in [6, 6.07) is 14.8. The predicted molar refractivity (Wildman–Crippen MR) is 135 cm³/mol. The van der Waals surface area contributed by atoms with Crippen molar-refractivity contribution in [1.29, 1.82) is 0 Å². The fourth-order valence-corrected chi connectivity index (χ4v) is 3.80. The summed E-state index contributed by atoms with van der Waals surface area (Å²) in [4.78, 5) is 44.0. The fourth-order valence-electron chi connectivity index (χ4n) is 3.80. The van der Waals surface area contributed by atoms with E-state index >= 15 is 0 Å². The summed E-state index contributed by atoms with van der Waals surface area (Å²) in [5, 5.41) is 3.04. The number of hydrogen-bond acceptors (Lipinski definition) is 7. The van der Waals surface area contributed by atoms with Gasteiger partial charge in [0.25, 0.3) is 0 Å². The number of nitrogens with zero attached hydrogens (tertiary/aromatic N) is 2. The summed E-state index contributed by atoms with van der Waals surface area (Å²) >= 11 is 0. The molecule has 4 rings (SSSR count). The minimum absolute atomic E-state index is 0.0647. The zero-order valence-corrected chi connectivity index (χ0v) is 20.3. The van der Waals surface area contributed by atoms with Gasteiger partial charge in [0.15, 0.2) is 5.78 Å². The lowest BCUT2D eigenvalue weighted by molar-refractivity contribution is -0.116. The average molecular weight is 488 g/mol. The normalized spacial score (nSPS) is 10.7. The monoisotopic (exact) mass is 487 g/mol. The Morgan fingerprint density at radius 1 is 0.917 bits per heavy atom. The molecular weight excluding hydrogens is 462 g/mol. The van der Waals surface area contributed by atoms with Crippen LogP contribution in [0.15, 0.2) is 65.6 Å². The van der Waals surface area contributed by atoms with Crippen LogP contribution < -0.4 is 25.0 Å². The van der Waals surface area contributed by atoms with E-state index in [1.54, 1.807) is 61.5 Å². The molecule has 0 saturated heterocycles. The molecule has 9 heteroatoms. The maximum Gasteiger partial charge on any atom is 0.244 e. The van der Waals surface area contributed by atoms with E-state index in [4.69, 9.17) is 14.2 Å². The number of carbonyl (C=O) groups excluding carboxylic acids is 2. The molecule has 0 aliphatic heterocycles. The minimum Gasteiger partial charge on any atom is -0.497 e. The van der Waals surface area contributed by atoms with Gasteiger partial charge in [0, 0.05) is 23.5 Å². The molecule has 9 nitrogen and oxygen atoms in total. The summed E-state index contributed by atoms with van der Waals surface area (Å²) in [5.41, 5.74) is 1.20. The Bertz CT molecular complexity index is 1510. The van der Waals surface area contributed by atoms with Crippen molar-refractivity contribution in [3.8, 4) is 17.2 Å². The molecule has 0 atom stereocenters. The van der Waals surface area contributed by atoms with Crippen molar-refractivity contribution in [1.82, 2.24) is 9.55 Å². The Morgan fingerprint density at radius 2 is 1.61 bits per heavy atom. The molecule has 4 aromatic rings. The van der Waals surface area contributed by atoms with Crippen molar-refractivity contribution in [3.63, 3.8) is 0 Å². The summed E-state index contributed by atoms with van der Waals surface area (Å²) in [7, 11) is 4.55. The van der Waals surface area contributed by atoms with Crippen LogP contribution in [0.2, 0.25) is 0 Å². The number of aromatic nitrogens is 2. The smallest absolute Gasteiger partial charge is 0.244 e. The number of methoxy groups -OCH3 is 3. The Kier molecular flexibility index (Phi) is 7.00. The molecule has 0 unspecified atom stereocenters. The second-order valence-corrected chi connectivity index (χ2v) is 8.00. The van der Waals surface area contributed by atoms with Gasteiger partial charge in [0.1, 0.15) is 29.4 Å². The maximum atomic E-state index is 13.3. The van der Waals surface area contributed by atoms with Crippen LogP contribution in [-0.2, 0) is 11.3 Å². The molecule has 1 N–H and O–H groups in total. The topological polar surface area (TPSA) is 109 Å². The van der Waals surface area contributed by atoms with Crippen molar-refractivity contribution in [3.05, 3.63) is 87.8 Å². The van der Waals surface area contributed by atoms with E-state index in [1.165, 1.54) is 32.1 Å². The van der Waals surface area contributed by atoms with E-state index in [9.17, 15) is 14.4 Å². The maximum absolute atomic E-state index is 13.3. The van der Waals surface area contributed by atoms with Gasteiger partial charge in [-0.25, -0.2) is 4.98 Å². The third-order valence-corrected chi connectivity index (χ3v) is 5.65. The van der Waals surface area contributed by atoms with E-state index in [-0.39, 0.29) is 17.5 Å². The molecule has 0 bridgehead atoms. The van der Waals surface area contributed by atoms with Gasteiger partial charge in [-0.05, 0) is 55.5 Å². The molecule has 2 heterocycles. The van der Waals surface area contributed by atoms with Gasteiger partial charge in [0.05, 0.1) is 38.0 Å². The number of pyridine rings is 2. The standard InChI is InChI=1S/C27H25N3O6/c1-16-5-11-20-26(33)21(25(32)17-6-8-18(34-2)9-7-17)14-30(27(20)28-16)15-24(31)29-22-13-19(35-3)10-12-23(22)36-4/h5-14H,15H2,1-4H3,(H,29,31). The Labute approximate surface area is 207 Å². The molecular formula is C27H25N3O6. The predicted octanol–water partition coefficient (Wildman–Crippen LogP) is 3.60. The molecule has 1 amide bonds. The number of hydrogen-bond donors (Lipinski definition) is 1. The number of ether oxygens (including phenoxy) is 3. The molecule has 0 aliphatic carbocycles. The first kappa shape index (κ1) is 24.5. The van der Waals surface area contributed by atoms with Crippen molar-refractivity contribution in [2.75, 3.05) is 26.6 Å². The van der Waals surface area contributed by atoms with Crippen LogP contribution in [0.1, 0.15) is 21.6 Å². The molecule has 2 aromatic heterocycles. The lowest BCUT2D eigenvalue weighted by atomic mass is 10.0. The van der Waals surface area contributed by atoms with Crippen molar-refractivity contribution >= 4 is 28.4 Å². The van der Waals surface area contributed by atoms with Gasteiger partial charge >= 0.3 is 0 Å². The van der Waals surface area contributed by atoms with Crippen LogP contribution in [0, 0.1) is 6.92 Å². The molecule has 0 fully saturated rings. The molecule has 0 saturated carbocycles. The van der Waals surface area contributed by atoms with E-state index < -0.39 is 17.1 Å². The van der Waals surface area contributed by atoms with E-state index in [2.05, 4.69) is 10.3 Å². The highest BCUT2D eigenvalue weighted by Crippen LogP contribution is 2.29. The number of rotatable bonds is 8. The van der Waals surface area contributed by atoms with Crippen molar-refractivity contribution < 1.29 is 23.8 Å². The molecule has 2 aromatic carbocycles. The number of benzene rings is 2. The number of aryl methyl sites for hydroxylation is 1. The number of nitrogens with one attached hydrogen (secondary N) is 1. The molecule has 0 radical (unpaired) electrons. The van der Waals surface area contributed by atoms with E-state index in [0.717, 1.165) is 0 Å². The Hall–Kier alpha value is -4.66. The number of ketones is 1. The first-order valence-electron chi connectivity index (χ1n) is 11.1. The van der Waals surface area contributed by atoms with Gasteiger partial charge < -0.3 is 24.1 Å². The van der Waals surface area contributed by atoms with E-state index in [0.29, 0.717) is 39.8 Å². The van der Waals surface area contributed by atoms with Crippen LogP contribution in [0.3, 0.4) is 0 Å². The van der Waals surface area contributed by atoms with Crippen LogP contribution in [0.4, 0.5) is 5.69 Å². The average Bonchev–Trinajstić information content (AvgIpc) is 2.89. The SMILES string of the molecule is COc1ccc(C(=O)c2cn(CC(=O)Nc3cc(OC)ccc3OC)c3nc(C)ccc3c2=O)cc1. The second kappa shape index (κ2) is 10.3. The van der Waals surface area contributed by atoms with E-state index in [1.807, 2.05) is 0 Å². The number of amides is 1. The fraction of sp³-hybridized carbons (Fsp3) is 0.185. The summed E-state index contributed by atoms with van der Waals surface area (Å²) < 4.78 is 17.2. The van der Waals surface area contributed by atoms with Crippen LogP contribution >= 0.6 is 0 Å². The summed E-state index contributed by atoms with van der Waals surface area (Å²) in [6.45, 7) is 1.59. The number of fused-ring (bicyclic) bond motifs is 1. The lowest BCUT2D eigenvalue weighted by Crippen LogP contribution is -2.25. The second-order valence-electron chi connectivity index (χ2n) is 8.00. The Balaban J connectivity index is 1.74. The lowest BCUT2D eigenvalue weighted by Gasteiger charge is -2.15. The first-order valence-corrected chi connectivity index (χ1v) is 11.1. The summed E-state index contributed by atoms with van der Waals surface area (Å²) in [6.07, 6.45) is 1.38. The van der Waals surface area contributed by atoms with Crippen molar-refractivity contribution in [2.45, 2.75) is 13.5 Å². The zero-order valence-electron chi connectivity index (χ0n) is 20.3. The van der Waals surface area contributed by atoms with Crippen molar-refractivity contribution in [2.24, 2.45) is 0 Å². The van der Waals surface area contributed by atoms with Gasteiger partial charge in [-0.3, -0.25) is 14.4 Å². The van der Waals surface area contributed by atoms with Crippen LogP contribution in [0.25, 0.3) is 11.0 Å². The largest absolute Gasteiger partial charge is 0.497 e.